The molecule has 0 bridgehead atoms. The molecule has 2 rings (SSSR count). The third-order valence-corrected chi connectivity index (χ3v) is 3.10. The van der Waals surface area contributed by atoms with Crippen molar-refractivity contribution < 1.29 is 0 Å². The van der Waals surface area contributed by atoms with E-state index in [9.17, 15) is 0 Å². The van der Waals surface area contributed by atoms with Crippen LogP contribution in [0.25, 0.3) is 0 Å². The van der Waals surface area contributed by atoms with E-state index >= 15 is 0 Å². The monoisotopic (exact) mass is 189 g/mol. The zero-order valence-electron chi connectivity index (χ0n) is 8.70. The minimum absolute atomic E-state index is 0.215. The second kappa shape index (κ2) is 3.13. The first-order valence-corrected chi connectivity index (χ1v) is 5.14. The SMILES string of the molecule is CC(C)n1cc(C2(C#N)CCC2)cn1. The second-order valence-corrected chi connectivity index (χ2v) is 4.35. The minimum Gasteiger partial charge on any atom is -0.270 e. The number of hydrogen-bond donors (Lipinski definition) is 0. The van der Waals surface area contributed by atoms with Gasteiger partial charge in [-0.3, -0.25) is 4.68 Å². The summed E-state index contributed by atoms with van der Waals surface area (Å²) in [5.74, 6) is 0. The van der Waals surface area contributed by atoms with Gasteiger partial charge in [-0.05, 0) is 33.1 Å². The van der Waals surface area contributed by atoms with Gasteiger partial charge in [0.15, 0.2) is 0 Å². The van der Waals surface area contributed by atoms with E-state index in [2.05, 4.69) is 25.0 Å². The lowest BCUT2D eigenvalue weighted by Gasteiger charge is -2.34. The molecule has 1 heterocycles. The molecule has 14 heavy (non-hydrogen) atoms. The fourth-order valence-corrected chi connectivity index (χ4v) is 1.86. The van der Waals surface area contributed by atoms with Crippen LogP contribution < -0.4 is 0 Å². The average Bonchev–Trinajstić information content (AvgIpc) is 2.52. The number of rotatable bonds is 2. The van der Waals surface area contributed by atoms with Crippen molar-refractivity contribution in [1.82, 2.24) is 9.78 Å². The predicted octanol–water partition coefficient (Wildman–Crippen LogP) is 2.41. The molecule has 0 radical (unpaired) electrons. The molecule has 3 heteroatoms. The van der Waals surface area contributed by atoms with Gasteiger partial charge in [0, 0.05) is 17.8 Å². The van der Waals surface area contributed by atoms with E-state index in [1.165, 1.54) is 6.42 Å². The second-order valence-electron chi connectivity index (χ2n) is 4.35. The van der Waals surface area contributed by atoms with E-state index in [0.717, 1.165) is 18.4 Å². The van der Waals surface area contributed by atoms with Gasteiger partial charge in [-0.1, -0.05) is 0 Å². The van der Waals surface area contributed by atoms with Crippen molar-refractivity contribution in [3.05, 3.63) is 18.0 Å². The lowest BCUT2D eigenvalue weighted by atomic mass is 9.66. The van der Waals surface area contributed by atoms with Crippen molar-refractivity contribution in [2.45, 2.75) is 44.6 Å². The first-order chi connectivity index (χ1) is 6.68. The molecule has 1 aliphatic carbocycles. The Balaban J connectivity index is 2.29. The molecule has 1 aromatic rings. The van der Waals surface area contributed by atoms with Crippen LogP contribution in [0.3, 0.4) is 0 Å². The van der Waals surface area contributed by atoms with Crippen molar-refractivity contribution in [3.8, 4) is 6.07 Å². The summed E-state index contributed by atoms with van der Waals surface area (Å²) in [7, 11) is 0. The van der Waals surface area contributed by atoms with Crippen LogP contribution in [0.4, 0.5) is 0 Å². The molecule has 74 valence electrons. The number of aromatic nitrogens is 2. The third kappa shape index (κ3) is 1.22. The summed E-state index contributed by atoms with van der Waals surface area (Å²) >= 11 is 0. The van der Waals surface area contributed by atoms with Crippen LogP contribution >= 0.6 is 0 Å². The van der Waals surface area contributed by atoms with Crippen LogP contribution in [0.1, 0.15) is 44.7 Å². The first kappa shape index (κ1) is 9.26. The molecule has 0 atom stereocenters. The largest absolute Gasteiger partial charge is 0.270 e. The van der Waals surface area contributed by atoms with Crippen molar-refractivity contribution in [3.63, 3.8) is 0 Å². The molecule has 0 saturated heterocycles. The molecular weight excluding hydrogens is 174 g/mol. The topological polar surface area (TPSA) is 41.6 Å². The van der Waals surface area contributed by atoms with E-state index in [1.54, 1.807) is 0 Å². The van der Waals surface area contributed by atoms with Crippen LogP contribution in [0, 0.1) is 11.3 Å². The Labute approximate surface area is 84.3 Å². The minimum atomic E-state index is -0.215. The Kier molecular flexibility index (Phi) is 2.07. The van der Waals surface area contributed by atoms with Crippen LogP contribution in [0.5, 0.6) is 0 Å². The molecule has 1 fully saturated rings. The summed E-state index contributed by atoms with van der Waals surface area (Å²) < 4.78 is 1.92. The fraction of sp³-hybridized carbons (Fsp3) is 0.636. The molecule has 0 spiro atoms. The molecule has 0 N–H and O–H groups in total. The Morgan fingerprint density at radius 2 is 2.29 bits per heavy atom. The molecule has 1 aliphatic rings. The average molecular weight is 189 g/mol. The highest BCUT2D eigenvalue weighted by Gasteiger charge is 2.40. The van der Waals surface area contributed by atoms with E-state index in [4.69, 9.17) is 5.26 Å². The smallest absolute Gasteiger partial charge is 0.0852 e. The van der Waals surface area contributed by atoms with E-state index in [0.29, 0.717) is 6.04 Å². The van der Waals surface area contributed by atoms with Gasteiger partial charge < -0.3 is 0 Å². The summed E-state index contributed by atoms with van der Waals surface area (Å²) in [6, 6.07) is 2.80. The Morgan fingerprint density at radius 3 is 2.64 bits per heavy atom. The molecule has 0 aliphatic heterocycles. The van der Waals surface area contributed by atoms with Gasteiger partial charge in [-0.15, -0.1) is 0 Å². The quantitative estimate of drug-likeness (QED) is 0.716. The van der Waals surface area contributed by atoms with Crippen molar-refractivity contribution >= 4 is 0 Å². The van der Waals surface area contributed by atoms with Crippen molar-refractivity contribution in [2.24, 2.45) is 0 Å². The van der Waals surface area contributed by atoms with Gasteiger partial charge >= 0.3 is 0 Å². The lowest BCUT2D eigenvalue weighted by molar-refractivity contribution is 0.323. The van der Waals surface area contributed by atoms with E-state index in [1.807, 2.05) is 17.1 Å². The molecule has 3 nitrogen and oxygen atoms in total. The maximum absolute atomic E-state index is 9.15. The van der Waals surface area contributed by atoms with Gasteiger partial charge in [0.1, 0.15) is 0 Å². The maximum atomic E-state index is 9.15. The Bertz CT molecular complexity index is 366. The van der Waals surface area contributed by atoms with Crippen molar-refractivity contribution in [2.75, 3.05) is 0 Å². The Hall–Kier alpha value is -1.30. The van der Waals surface area contributed by atoms with Crippen LogP contribution in [-0.4, -0.2) is 9.78 Å². The van der Waals surface area contributed by atoms with Gasteiger partial charge in [0.2, 0.25) is 0 Å². The number of hydrogen-bond acceptors (Lipinski definition) is 2. The summed E-state index contributed by atoms with van der Waals surface area (Å²) in [5.41, 5.74) is 0.882. The van der Waals surface area contributed by atoms with Gasteiger partial charge in [-0.25, -0.2) is 0 Å². The standard InChI is InChI=1S/C11H15N3/c1-9(2)14-7-10(6-13-14)11(8-12)4-3-5-11/h6-7,9H,3-5H2,1-2H3. The van der Waals surface area contributed by atoms with Crippen LogP contribution in [0.2, 0.25) is 0 Å². The van der Waals surface area contributed by atoms with Gasteiger partial charge in [-0.2, -0.15) is 10.4 Å². The summed E-state index contributed by atoms with van der Waals surface area (Å²) in [5, 5.41) is 13.4. The first-order valence-electron chi connectivity index (χ1n) is 5.14. The fourth-order valence-electron chi connectivity index (χ4n) is 1.86. The highest BCUT2D eigenvalue weighted by Crippen LogP contribution is 2.42. The van der Waals surface area contributed by atoms with Gasteiger partial charge in [0.25, 0.3) is 0 Å². The number of nitrogens with zero attached hydrogens (tertiary/aromatic N) is 3. The van der Waals surface area contributed by atoms with Crippen LogP contribution in [0.15, 0.2) is 12.4 Å². The Morgan fingerprint density at radius 1 is 1.57 bits per heavy atom. The highest BCUT2D eigenvalue weighted by molar-refractivity contribution is 5.31. The number of nitriles is 1. The zero-order valence-corrected chi connectivity index (χ0v) is 8.70. The molecule has 0 amide bonds. The normalized spacial score (nSPS) is 19.0. The van der Waals surface area contributed by atoms with E-state index < -0.39 is 0 Å². The molecule has 0 aromatic carbocycles. The van der Waals surface area contributed by atoms with E-state index in [-0.39, 0.29) is 5.41 Å². The summed E-state index contributed by atoms with van der Waals surface area (Å²) in [6.45, 7) is 4.19. The zero-order chi connectivity index (χ0) is 10.2. The molecule has 1 aromatic heterocycles. The third-order valence-electron chi connectivity index (χ3n) is 3.10. The summed E-state index contributed by atoms with van der Waals surface area (Å²) in [4.78, 5) is 0. The molecular formula is C11H15N3. The maximum Gasteiger partial charge on any atom is 0.0852 e. The molecule has 1 saturated carbocycles. The summed E-state index contributed by atoms with van der Waals surface area (Å²) in [6.07, 6.45) is 7.02. The van der Waals surface area contributed by atoms with Crippen molar-refractivity contribution in [1.29, 1.82) is 5.26 Å². The van der Waals surface area contributed by atoms with Gasteiger partial charge in [0.05, 0.1) is 17.7 Å². The lowest BCUT2D eigenvalue weighted by Crippen LogP contribution is -2.31. The predicted molar refractivity (Wildman–Crippen MR) is 53.8 cm³/mol. The highest BCUT2D eigenvalue weighted by atomic mass is 15.3. The van der Waals surface area contributed by atoms with Crippen LogP contribution in [-0.2, 0) is 5.41 Å². The molecule has 0 unspecified atom stereocenters.